The van der Waals surface area contributed by atoms with Crippen molar-refractivity contribution in [3.63, 3.8) is 0 Å². The van der Waals surface area contributed by atoms with Gasteiger partial charge in [0.15, 0.2) is 0 Å². The lowest BCUT2D eigenvalue weighted by molar-refractivity contribution is 0.694. The van der Waals surface area contributed by atoms with E-state index in [9.17, 15) is 0 Å². The van der Waals surface area contributed by atoms with Crippen LogP contribution in [0.2, 0.25) is 0 Å². The van der Waals surface area contributed by atoms with Crippen molar-refractivity contribution in [3.8, 4) is 0 Å². The van der Waals surface area contributed by atoms with Crippen LogP contribution in [0.4, 0.5) is 5.69 Å². The first kappa shape index (κ1) is 10.7. The second kappa shape index (κ2) is 4.81. The van der Waals surface area contributed by atoms with E-state index >= 15 is 0 Å². The molecule has 2 heteroatoms. The summed E-state index contributed by atoms with van der Waals surface area (Å²) >= 11 is 0. The van der Waals surface area contributed by atoms with Gasteiger partial charge in [0, 0.05) is 5.69 Å². The largest absolute Gasteiger partial charge is 0.398 e. The molecule has 0 spiro atoms. The number of rotatable bonds is 3. The molecule has 0 heterocycles. The van der Waals surface area contributed by atoms with E-state index in [2.05, 4.69) is 23.5 Å². The molecule has 1 unspecified atom stereocenters. The Morgan fingerprint density at radius 2 is 1.56 bits per heavy atom. The first-order valence-electron chi connectivity index (χ1n) is 5.39. The van der Waals surface area contributed by atoms with Crippen molar-refractivity contribution in [2.45, 2.75) is 6.04 Å². The Morgan fingerprint density at radius 1 is 0.938 bits per heavy atom. The Bertz CT molecular complexity index is 451. The SMILES string of the molecule is CNC(c1ccccc1)c1ccccc1N. The molecule has 0 aliphatic heterocycles. The fourth-order valence-corrected chi connectivity index (χ4v) is 1.92. The molecule has 16 heavy (non-hydrogen) atoms. The second-order valence-electron chi connectivity index (χ2n) is 3.76. The predicted molar refractivity (Wildman–Crippen MR) is 68.2 cm³/mol. The van der Waals surface area contributed by atoms with Crippen LogP contribution in [-0.2, 0) is 0 Å². The van der Waals surface area contributed by atoms with E-state index in [1.165, 1.54) is 5.56 Å². The Balaban J connectivity index is 2.41. The number of nitrogens with two attached hydrogens (primary N) is 1. The smallest absolute Gasteiger partial charge is 0.0594 e. The molecule has 0 radical (unpaired) electrons. The van der Waals surface area contributed by atoms with Gasteiger partial charge in [-0.2, -0.15) is 0 Å². The molecule has 0 saturated carbocycles. The first-order chi connectivity index (χ1) is 7.83. The minimum Gasteiger partial charge on any atom is -0.398 e. The van der Waals surface area contributed by atoms with E-state index in [0.29, 0.717) is 0 Å². The fraction of sp³-hybridized carbons (Fsp3) is 0.143. The highest BCUT2D eigenvalue weighted by Gasteiger charge is 2.13. The minimum atomic E-state index is 0.155. The number of benzene rings is 2. The van der Waals surface area contributed by atoms with Gasteiger partial charge in [0.25, 0.3) is 0 Å². The molecule has 0 amide bonds. The van der Waals surface area contributed by atoms with Crippen molar-refractivity contribution in [2.24, 2.45) is 0 Å². The van der Waals surface area contributed by atoms with Crippen LogP contribution in [0, 0.1) is 0 Å². The van der Waals surface area contributed by atoms with Gasteiger partial charge in [0.05, 0.1) is 6.04 Å². The third-order valence-electron chi connectivity index (χ3n) is 2.73. The van der Waals surface area contributed by atoms with Crippen LogP contribution in [0.1, 0.15) is 17.2 Å². The lowest BCUT2D eigenvalue weighted by atomic mass is 9.97. The third kappa shape index (κ3) is 2.07. The van der Waals surface area contributed by atoms with E-state index in [0.717, 1.165) is 11.3 Å². The molecular formula is C14H16N2. The summed E-state index contributed by atoms with van der Waals surface area (Å²) in [5.74, 6) is 0. The molecule has 1 atom stereocenters. The molecule has 0 bridgehead atoms. The number of para-hydroxylation sites is 1. The standard InChI is InChI=1S/C14H16N2/c1-16-14(11-7-3-2-4-8-11)12-9-5-6-10-13(12)15/h2-10,14,16H,15H2,1H3. The minimum absolute atomic E-state index is 0.155. The van der Waals surface area contributed by atoms with Crippen LogP contribution in [0.25, 0.3) is 0 Å². The fourth-order valence-electron chi connectivity index (χ4n) is 1.92. The van der Waals surface area contributed by atoms with Crippen molar-refractivity contribution >= 4 is 5.69 Å². The van der Waals surface area contributed by atoms with Crippen molar-refractivity contribution in [2.75, 3.05) is 12.8 Å². The summed E-state index contributed by atoms with van der Waals surface area (Å²) in [5.41, 5.74) is 9.17. The summed E-state index contributed by atoms with van der Waals surface area (Å²) in [4.78, 5) is 0. The number of anilines is 1. The van der Waals surface area contributed by atoms with Gasteiger partial charge in [-0.1, -0.05) is 48.5 Å². The first-order valence-corrected chi connectivity index (χ1v) is 5.39. The third-order valence-corrected chi connectivity index (χ3v) is 2.73. The molecule has 0 aromatic heterocycles. The van der Waals surface area contributed by atoms with Gasteiger partial charge in [0.2, 0.25) is 0 Å². The normalized spacial score (nSPS) is 12.3. The van der Waals surface area contributed by atoms with Crippen LogP contribution in [0.15, 0.2) is 54.6 Å². The molecule has 2 rings (SSSR count). The number of hydrogen-bond donors (Lipinski definition) is 2. The number of hydrogen-bond acceptors (Lipinski definition) is 2. The van der Waals surface area contributed by atoms with Crippen LogP contribution in [0.5, 0.6) is 0 Å². The van der Waals surface area contributed by atoms with Gasteiger partial charge in [0.1, 0.15) is 0 Å². The summed E-state index contributed by atoms with van der Waals surface area (Å²) in [6.07, 6.45) is 0. The molecule has 2 nitrogen and oxygen atoms in total. The van der Waals surface area contributed by atoms with Crippen LogP contribution < -0.4 is 11.1 Å². The zero-order valence-electron chi connectivity index (χ0n) is 9.35. The highest BCUT2D eigenvalue weighted by Crippen LogP contribution is 2.25. The number of nitrogens with one attached hydrogen (secondary N) is 1. The summed E-state index contributed by atoms with van der Waals surface area (Å²) in [6.45, 7) is 0. The molecule has 82 valence electrons. The second-order valence-corrected chi connectivity index (χ2v) is 3.76. The van der Waals surface area contributed by atoms with Crippen molar-refractivity contribution in [3.05, 3.63) is 65.7 Å². The molecular weight excluding hydrogens is 196 g/mol. The van der Waals surface area contributed by atoms with Crippen molar-refractivity contribution in [1.29, 1.82) is 0 Å². The lowest BCUT2D eigenvalue weighted by Crippen LogP contribution is -2.18. The van der Waals surface area contributed by atoms with Gasteiger partial charge in [-0.25, -0.2) is 0 Å². The predicted octanol–water partition coefficient (Wildman–Crippen LogP) is 2.58. The number of nitrogen functional groups attached to an aromatic ring is 1. The molecule has 0 aliphatic rings. The zero-order chi connectivity index (χ0) is 11.4. The maximum atomic E-state index is 5.99. The van der Waals surface area contributed by atoms with Gasteiger partial charge in [-0.15, -0.1) is 0 Å². The quantitative estimate of drug-likeness (QED) is 0.767. The molecule has 0 saturated heterocycles. The molecule has 0 aliphatic carbocycles. The molecule has 0 fully saturated rings. The summed E-state index contributed by atoms with van der Waals surface area (Å²) in [7, 11) is 1.95. The van der Waals surface area contributed by atoms with Crippen LogP contribution >= 0.6 is 0 Å². The summed E-state index contributed by atoms with van der Waals surface area (Å²) in [5, 5.41) is 3.30. The van der Waals surface area contributed by atoms with Gasteiger partial charge in [-0.3, -0.25) is 0 Å². The Morgan fingerprint density at radius 3 is 2.19 bits per heavy atom. The monoisotopic (exact) mass is 212 g/mol. The highest BCUT2D eigenvalue weighted by atomic mass is 14.9. The lowest BCUT2D eigenvalue weighted by Gasteiger charge is -2.18. The summed E-state index contributed by atoms with van der Waals surface area (Å²) < 4.78 is 0. The highest BCUT2D eigenvalue weighted by molar-refractivity contribution is 5.51. The van der Waals surface area contributed by atoms with Crippen LogP contribution in [0.3, 0.4) is 0 Å². The Labute approximate surface area is 96.1 Å². The van der Waals surface area contributed by atoms with Gasteiger partial charge >= 0.3 is 0 Å². The topological polar surface area (TPSA) is 38.0 Å². The van der Waals surface area contributed by atoms with E-state index < -0.39 is 0 Å². The van der Waals surface area contributed by atoms with Crippen molar-refractivity contribution < 1.29 is 0 Å². The molecule has 2 aromatic rings. The van der Waals surface area contributed by atoms with E-state index in [1.807, 2.05) is 43.4 Å². The van der Waals surface area contributed by atoms with Gasteiger partial charge in [-0.05, 0) is 24.2 Å². The maximum absolute atomic E-state index is 5.99. The maximum Gasteiger partial charge on any atom is 0.0594 e. The van der Waals surface area contributed by atoms with Crippen molar-refractivity contribution in [1.82, 2.24) is 5.32 Å². The van der Waals surface area contributed by atoms with E-state index in [4.69, 9.17) is 5.73 Å². The average molecular weight is 212 g/mol. The average Bonchev–Trinajstić information content (AvgIpc) is 2.34. The van der Waals surface area contributed by atoms with Crippen LogP contribution in [-0.4, -0.2) is 7.05 Å². The Kier molecular flexibility index (Phi) is 3.22. The Hall–Kier alpha value is -1.80. The molecule has 2 aromatic carbocycles. The van der Waals surface area contributed by atoms with E-state index in [-0.39, 0.29) is 6.04 Å². The van der Waals surface area contributed by atoms with E-state index in [1.54, 1.807) is 0 Å². The summed E-state index contributed by atoms with van der Waals surface area (Å²) in [6, 6.07) is 18.4. The zero-order valence-corrected chi connectivity index (χ0v) is 9.35. The van der Waals surface area contributed by atoms with Gasteiger partial charge < -0.3 is 11.1 Å². The molecule has 3 N–H and O–H groups in total.